The van der Waals surface area contributed by atoms with Crippen molar-refractivity contribution in [2.45, 2.75) is 6.42 Å². The van der Waals surface area contributed by atoms with Crippen LogP contribution in [-0.2, 0) is 11.2 Å². The van der Waals surface area contributed by atoms with Crippen LogP contribution in [0.3, 0.4) is 0 Å². The highest BCUT2D eigenvalue weighted by Gasteiger charge is 2.14. The first-order valence-corrected chi connectivity index (χ1v) is 6.78. The fourth-order valence-corrected chi connectivity index (χ4v) is 2.05. The van der Waals surface area contributed by atoms with Gasteiger partial charge in [0.2, 0.25) is 0 Å². The van der Waals surface area contributed by atoms with E-state index < -0.39 is 11.9 Å². The summed E-state index contributed by atoms with van der Waals surface area (Å²) in [5.74, 6) is -0.565. The van der Waals surface area contributed by atoms with Gasteiger partial charge in [-0.1, -0.05) is 54.6 Å². The second kappa shape index (κ2) is 7.29. The van der Waals surface area contributed by atoms with Crippen molar-refractivity contribution in [3.05, 3.63) is 71.8 Å². The number of carbonyl (C=O) groups is 1. The van der Waals surface area contributed by atoms with E-state index in [9.17, 15) is 9.90 Å². The number of carboxylic acids is 1. The largest absolute Gasteiger partial charge is 0.497 e. The SMILES string of the molecule is COc1ccc(/C=C/[C@@H](Cc2ccccc2)C(=O)O)cc1. The normalized spacial score (nSPS) is 12.2. The zero-order chi connectivity index (χ0) is 15.1. The van der Waals surface area contributed by atoms with Crippen molar-refractivity contribution in [1.82, 2.24) is 0 Å². The molecule has 0 amide bonds. The van der Waals surface area contributed by atoms with Gasteiger partial charge in [-0.2, -0.15) is 0 Å². The zero-order valence-electron chi connectivity index (χ0n) is 11.9. The number of methoxy groups -OCH3 is 1. The molecule has 0 fully saturated rings. The molecule has 0 bridgehead atoms. The summed E-state index contributed by atoms with van der Waals surface area (Å²) in [6.07, 6.45) is 4.06. The molecule has 0 radical (unpaired) electrons. The first-order valence-electron chi connectivity index (χ1n) is 6.78. The van der Waals surface area contributed by atoms with E-state index in [0.29, 0.717) is 6.42 Å². The van der Waals surface area contributed by atoms with Crippen molar-refractivity contribution in [2.24, 2.45) is 5.92 Å². The molecule has 2 aromatic rings. The van der Waals surface area contributed by atoms with Crippen LogP contribution in [0.5, 0.6) is 5.75 Å². The van der Waals surface area contributed by atoms with Gasteiger partial charge in [-0.3, -0.25) is 4.79 Å². The molecule has 21 heavy (non-hydrogen) atoms. The highest BCUT2D eigenvalue weighted by atomic mass is 16.5. The van der Waals surface area contributed by atoms with Gasteiger partial charge >= 0.3 is 5.97 Å². The van der Waals surface area contributed by atoms with Gasteiger partial charge in [0.05, 0.1) is 13.0 Å². The van der Waals surface area contributed by atoms with Crippen LogP contribution < -0.4 is 4.74 Å². The number of ether oxygens (including phenoxy) is 1. The standard InChI is InChI=1S/C18H18O3/c1-21-17-11-8-14(9-12-17)7-10-16(18(19)20)13-15-5-3-2-4-6-15/h2-12,16H,13H2,1H3,(H,19,20)/b10-7+/t16-/m0/s1. The summed E-state index contributed by atoms with van der Waals surface area (Å²) in [6, 6.07) is 17.1. The lowest BCUT2D eigenvalue weighted by Crippen LogP contribution is -2.13. The number of carboxylic acid groups (broad SMARTS) is 1. The number of benzene rings is 2. The average molecular weight is 282 g/mol. The van der Waals surface area contributed by atoms with Crippen molar-refractivity contribution in [3.8, 4) is 5.75 Å². The molecule has 2 rings (SSSR count). The summed E-state index contributed by atoms with van der Waals surface area (Å²) in [5.41, 5.74) is 1.97. The van der Waals surface area contributed by atoms with Gasteiger partial charge in [0.1, 0.15) is 5.75 Å². The van der Waals surface area contributed by atoms with Gasteiger partial charge < -0.3 is 9.84 Å². The van der Waals surface area contributed by atoms with Crippen LogP contribution in [0.25, 0.3) is 6.08 Å². The Hall–Kier alpha value is -2.55. The Morgan fingerprint density at radius 2 is 1.81 bits per heavy atom. The summed E-state index contributed by atoms with van der Waals surface area (Å²) >= 11 is 0. The maximum atomic E-state index is 11.4. The van der Waals surface area contributed by atoms with Crippen LogP contribution in [0.2, 0.25) is 0 Å². The maximum Gasteiger partial charge on any atom is 0.310 e. The van der Waals surface area contributed by atoms with E-state index in [-0.39, 0.29) is 0 Å². The Kier molecular flexibility index (Phi) is 5.16. The molecule has 0 aliphatic rings. The van der Waals surface area contributed by atoms with E-state index in [1.807, 2.05) is 60.7 Å². The van der Waals surface area contributed by atoms with E-state index >= 15 is 0 Å². The zero-order valence-corrected chi connectivity index (χ0v) is 11.9. The van der Waals surface area contributed by atoms with E-state index in [4.69, 9.17) is 4.74 Å². The topological polar surface area (TPSA) is 46.5 Å². The first kappa shape index (κ1) is 14.9. The Bertz CT molecular complexity index is 600. The number of rotatable bonds is 6. The number of hydrogen-bond acceptors (Lipinski definition) is 2. The van der Waals surface area contributed by atoms with Crippen molar-refractivity contribution in [3.63, 3.8) is 0 Å². The number of hydrogen-bond donors (Lipinski definition) is 1. The van der Waals surface area contributed by atoms with Crippen molar-refractivity contribution >= 4 is 12.0 Å². The molecule has 1 atom stereocenters. The van der Waals surface area contributed by atoms with Crippen LogP contribution in [-0.4, -0.2) is 18.2 Å². The average Bonchev–Trinajstić information content (AvgIpc) is 2.52. The molecule has 0 aromatic heterocycles. The lowest BCUT2D eigenvalue weighted by Gasteiger charge is -2.07. The molecule has 1 N–H and O–H groups in total. The summed E-state index contributed by atoms with van der Waals surface area (Å²) in [5, 5.41) is 9.32. The molecule has 0 aliphatic heterocycles. The molecule has 0 saturated heterocycles. The second-order valence-electron chi connectivity index (χ2n) is 4.77. The Balaban J connectivity index is 2.08. The minimum absolute atomic E-state index is 0.489. The quantitative estimate of drug-likeness (QED) is 0.879. The van der Waals surface area contributed by atoms with E-state index in [0.717, 1.165) is 16.9 Å². The van der Waals surface area contributed by atoms with E-state index in [1.165, 1.54) is 0 Å². The third-order valence-electron chi connectivity index (χ3n) is 3.25. The van der Waals surface area contributed by atoms with Gasteiger partial charge in [-0.05, 0) is 29.7 Å². The molecule has 2 aromatic carbocycles. The smallest absolute Gasteiger partial charge is 0.310 e. The van der Waals surface area contributed by atoms with Gasteiger partial charge in [-0.25, -0.2) is 0 Å². The predicted molar refractivity (Wildman–Crippen MR) is 83.3 cm³/mol. The molecule has 0 heterocycles. The van der Waals surface area contributed by atoms with Crippen LogP contribution in [0.1, 0.15) is 11.1 Å². The molecule has 3 nitrogen and oxygen atoms in total. The molecule has 0 unspecified atom stereocenters. The highest BCUT2D eigenvalue weighted by molar-refractivity contribution is 5.74. The summed E-state index contributed by atoms with van der Waals surface area (Å²) in [4.78, 5) is 11.4. The fraction of sp³-hybridized carbons (Fsp3) is 0.167. The molecular weight excluding hydrogens is 264 g/mol. The summed E-state index contributed by atoms with van der Waals surface area (Å²) in [6.45, 7) is 0. The Labute approximate surface area is 124 Å². The van der Waals surface area contributed by atoms with E-state index in [1.54, 1.807) is 13.2 Å². The van der Waals surface area contributed by atoms with Crippen molar-refractivity contribution < 1.29 is 14.6 Å². The second-order valence-corrected chi connectivity index (χ2v) is 4.77. The van der Waals surface area contributed by atoms with Crippen LogP contribution in [0, 0.1) is 5.92 Å². The van der Waals surface area contributed by atoms with E-state index in [2.05, 4.69) is 0 Å². The maximum absolute atomic E-state index is 11.4. The molecule has 108 valence electrons. The van der Waals surface area contributed by atoms with Crippen LogP contribution in [0.4, 0.5) is 0 Å². The molecular formula is C18H18O3. The molecule has 0 aliphatic carbocycles. The first-order chi connectivity index (χ1) is 10.2. The van der Waals surface area contributed by atoms with Gasteiger partial charge in [-0.15, -0.1) is 0 Å². The van der Waals surface area contributed by atoms with Crippen LogP contribution >= 0.6 is 0 Å². The summed E-state index contributed by atoms with van der Waals surface area (Å²) in [7, 11) is 1.62. The highest BCUT2D eigenvalue weighted by Crippen LogP contribution is 2.15. The lowest BCUT2D eigenvalue weighted by molar-refractivity contribution is -0.140. The fourth-order valence-electron chi connectivity index (χ4n) is 2.05. The third kappa shape index (κ3) is 4.49. The monoisotopic (exact) mass is 282 g/mol. The summed E-state index contributed by atoms with van der Waals surface area (Å²) < 4.78 is 5.09. The van der Waals surface area contributed by atoms with Crippen molar-refractivity contribution in [1.29, 1.82) is 0 Å². The third-order valence-corrected chi connectivity index (χ3v) is 3.25. The predicted octanol–water partition coefficient (Wildman–Crippen LogP) is 3.65. The molecule has 0 spiro atoms. The minimum Gasteiger partial charge on any atom is -0.497 e. The number of aliphatic carboxylic acids is 1. The Morgan fingerprint density at radius 1 is 1.14 bits per heavy atom. The van der Waals surface area contributed by atoms with Gasteiger partial charge in [0.15, 0.2) is 0 Å². The Morgan fingerprint density at radius 3 is 2.38 bits per heavy atom. The van der Waals surface area contributed by atoms with Gasteiger partial charge in [0.25, 0.3) is 0 Å². The van der Waals surface area contributed by atoms with Crippen molar-refractivity contribution in [2.75, 3.05) is 7.11 Å². The lowest BCUT2D eigenvalue weighted by atomic mass is 9.98. The van der Waals surface area contributed by atoms with Crippen LogP contribution in [0.15, 0.2) is 60.7 Å². The molecule has 0 saturated carbocycles. The molecule has 3 heteroatoms. The van der Waals surface area contributed by atoms with Gasteiger partial charge in [0, 0.05) is 0 Å². The minimum atomic E-state index is -0.816.